The average Bonchev–Trinajstić information content (AvgIpc) is 3.23. The molecule has 0 unspecified atom stereocenters. The molecule has 21 heavy (non-hydrogen) atoms. The van der Waals surface area contributed by atoms with E-state index in [2.05, 4.69) is 36.1 Å². The van der Waals surface area contributed by atoms with E-state index in [1.807, 2.05) is 6.07 Å². The van der Waals surface area contributed by atoms with Gasteiger partial charge < -0.3 is 10.6 Å². The van der Waals surface area contributed by atoms with Crippen molar-refractivity contribution in [2.24, 2.45) is 11.7 Å². The lowest BCUT2D eigenvalue weighted by molar-refractivity contribution is 0.706. The number of thiazole rings is 1. The van der Waals surface area contributed by atoms with Gasteiger partial charge in [0.1, 0.15) is 0 Å². The molecular weight excluding hydrogens is 278 g/mol. The Labute approximate surface area is 130 Å². The largest absolute Gasteiger partial charge is 0.348 e. The first-order chi connectivity index (χ1) is 10.3. The maximum atomic E-state index is 5.94. The van der Waals surface area contributed by atoms with Crippen LogP contribution < -0.4 is 10.6 Å². The van der Waals surface area contributed by atoms with Crippen molar-refractivity contribution in [1.82, 2.24) is 4.98 Å². The molecule has 3 rings (SSSR count). The molecule has 3 nitrogen and oxygen atoms in total. The fourth-order valence-corrected chi connectivity index (χ4v) is 3.58. The lowest BCUT2D eigenvalue weighted by Gasteiger charge is -2.20. The Morgan fingerprint density at radius 3 is 2.67 bits per heavy atom. The zero-order chi connectivity index (χ0) is 14.7. The van der Waals surface area contributed by atoms with Crippen LogP contribution in [0.5, 0.6) is 0 Å². The third-order valence-corrected chi connectivity index (χ3v) is 5.00. The van der Waals surface area contributed by atoms with E-state index in [1.165, 1.54) is 23.3 Å². The van der Waals surface area contributed by atoms with E-state index in [9.17, 15) is 0 Å². The molecule has 2 aromatic rings. The molecule has 0 radical (unpaired) electrons. The topological polar surface area (TPSA) is 42.2 Å². The summed E-state index contributed by atoms with van der Waals surface area (Å²) in [6.45, 7) is 5.03. The van der Waals surface area contributed by atoms with Crippen molar-refractivity contribution in [3.8, 4) is 11.3 Å². The van der Waals surface area contributed by atoms with Crippen LogP contribution in [-0.2, 0) is 6.54 Å². The summed E-state index contributed by atoms with van der Waals surface area (Å²) in [6, 6.07) is 10.4. The van der Waals surface area contributed by atoms with Crippen LogP contribution in [0.25, 0.3) is 11.3 Å². The van der Waals surface area contributed by atoms with Gasteiger partial charge in [-0.2, -0.15) is 0 Å². The Hall–Kier alpha value is -1.39. The van der Waals surface area contributed by atoms with Crippen LogP contribution in [-0.4, -0.2) is 18.1 Å². The Bertz CT molecular complexity index is 575. The van der Waals surface area contributed by atoms with E-state index in [4.69, 9.17) is 10.7 Å². The third-order valence-electron chi connectivity index (χ3n) is 3.86. The minimum atomic E-state index is 0.561. The summed E-state index contributed by atoms with van der Waals surface area (Å²) < 4.78 is 0. The Kier molecular flexibility index (Phi) is 4.56. The van der Waals surface area contributed by atoms with Gasteiger partial charge in [-0.1, -0.05) is 48.6 Å². The molecule has 0 spiro atoms. The summed E-state index contributed by atoms with van der Waals surface area (Å²) in [5.41, 5.74) is 8.18. The van der Waals surface area contributed by atoms with Gasteiger partial charge in [-0.05, 0) is 25.2 Å². The molecule has 1 aromatic heterocycles. The number of hydrogen-bond acceptors (Lipinski definition) is 4. The van der Waals surface area contributed by atoms with Gasteiger partial charge in [0.25, 0.3) is 0 Å². The van der Waals surface area contributed by atoms with Crippen LogP contribution in [0.15, 0.2) is 30.3 Å². The molecule has 0 atom stereocenters. The number of nitrogens with zero attached hydrogens (tertiary/aromatic N) is 2. The highest BCUT2D eigenvalue weighted by Gasteiger charge is 2.26. The first-order valence-corrected chi connectivity index (χ1v) is 8.63. The number of anilines is 1. The molecule has 0 saturated heterocycles. The Morgan fingerprint density at radius 2 is 2.05 bits per heavy atom. The van der Waals surface area contributed by atoms with Gasteiger partial charge in [0, 0.05) is 30.1 Å². The lowest BCUT2D eigenvalue weighted by atomic mass is 10.1. The summed E-state index contributed by atoms with van der Waals surface area (Å²) in [5.74, 6) is 0.877. The molecule has 1 aliphatic carbocycles. The summed E-state index contributed by atoms with van der Waals surface area (Å²) in [5, 5.41) is 1.14. The average molecular weight is 301 g/mol. The first kappa shape index (κ1) is 14.5. The van der Waals surface area contributed by atoms with Crippen molar-refractivity contribution >= 4 is 16.5 Å². The smallest absolute Gasteiger partial charge is 0.186 e. The summed E-state index contributed by atoms with van der Waals surface area (Å²) in [4.78, 5) is 8.56. The Balaban J connectivity index is 1.89. The number of nitrogens with two attached hydrogens (primary N) is 1. The lowest BCUT2D eigenvalue weighted by Crippen LogP contribution is -2.26. The van der Waals surface area contributed by atoms with Gasteiger partial charge in [-0.3, -0.25) is 0 Å². The molecular formula is C17H23N3S. The zero-order valence-electron chi connectivity index (χ0n) is 12.6. The van der Waals surface area contributed by atoms with Crippen LogP contribution >= 0.6 is 11.3 Å². The number of aromatic nitrogens is 1. The molecule has 1 fully saturated rings. The second kappa shape index (κ2) is 6.58. The molecule has 1 heterocycles. The van der Waals surface area contributed by atoms with Crippen molar-refractivity contribution in [1.29, 1.82) is 0 Å². The molecule has 1 aliphatic rings. The van der Waals surface area contributed by atoms with Gasteiger partial charge in [0.05, 0.1) is 5.69 Å². The molecule has 0 bridgehead atoms. The minimum Gasteiger partial charge on any atom is -0.348 e. The van der Waals surface area contributed by atoms with E-state index in [0.717, 1.165) is 36.3 Å². The first-order valence-electron chi connectivity index (χ1n) is 7.82. The van der Waals surface area contributed by atoms with Gasteiger partial charge in [0.15, 0.2) is 5.13 Å². The fraction of sp³-hybridized carbons (Fsp3) is 0.471. The van der Waals surface area contributed by atoms with Crippen LogP contribution in [0, 0.1) is 5.92 Å². The SMILES string of the molecule is CCCN(CC1CC1)c1nc(-c2ccccc2)c(CN)s1. The maximum absolute atomic E-state index is 5.94. The van der Waals surface area contributed by atoms with Crippen molar-refractivity contribution in [2.45, 2.75) is 32.7 Å². The summed E-state index contributed by atoms with van der Waals surface area (Å²) >= 11 is 1.76. The van der Waals surface area contributed by atoms with E-state index in [-0.39, 0.29) is 0 Å². The zero-order valence-corrected chi connectivity index (χ0v) is 13.4. The van der Waals surface area contributed by atoms with Crippen LogP contribution in [0.4, 0.5) is 5.13 Å². The van der Waals surface area contributed by atoms with Crippen molar-refractivity contribution in [2.75, 3.05) is 18.0 Å². The molecule has 2 N–H and O–H groups in total. The molecule has 4 heteroatoms. The van der Waals surface area contributed by atoms with Crippen molar-refractivity contribution in [3.05, 3.63) is 35.2 Å². The quantitative estimate of drug-likeness (QED) is 0.843. The number of benzene rings is 1. The normalized spacial score (nSPS) is 14.4. The predicted octanol–water partition coefficient (Wildman–Crippen LogP) is 3.90. The van der Waals surface area contributed by atoms with E-state index in [1.54, 1.807) is 11.3 Å². The second-order valence-electron chi connectivity index (χ2n) is 5.73. The van der Waals surface area contributed by atoms with E-state index in [0.29, 0.717) is 6.54 Å². The summed E-state index contributed by atoms with van der Waals surface area (Å²) in [7, 11) is 0. The summed E-state index contributed by atoms with van der Waals surface area (Å²) in [6.07, 6.45) is 3.91. The number of hydrogen-bond donors (Lipinski definition) is 1. The molecule has 0 amide bonds. The van der Waals surface area contributed by atoms with Crippen molar-refractivity contribution in [3.63, 3.8) is 0 Å². The molecule has 1 aromatic carbocycles. The molecule has 0 aliphatic heterocycles. The van der Waals surface area contributed by atoms with E-state index < -0.39 is 0 Å². The van der Waals surface area contributed by atoms with Crippen LogP contribution in [0.2, 0.25) is 0 Å². The highest BCUT2D eigenvalue weighted by atomic mass is 32.1. The Morgan fingerprint density at radius 1 is 1.29 bits per heavy atom. The third kappa shape index (κ3) is 3.44. The number of rotatable bonds is 7. The highest BCUT2D eigenvalue weighted by Crippen LogP contribution is 2.36. The van der Waals surface area contributed by atoms with Gasteiger partial charge in [-0.15, -0.1) is 0 Å². The van der Waals surface area contributed by atoms with E-state index >= 15 is 0 Å². The molecule has 1 saturated carbocycles. The highest BCUT2D eigenvalue weighted by molar-refractivity contribution is 7.16. The van der Waals surface area contributed by atoms with Crippen molar-refractivity contribution < 1.29 is 0 Å². The second-order valence-corrected chi connectivity index (χ2v) is 6.79. The monoisotopic (exact) mass is 301 g/mol. The molecule has 112 valence electrons. The van der Waals surface area contributed by atoms with Gasteiger partial charge >= 0.3 is 0 Å². The van der Waals surface area contributed by atoms with Gasteiger partial charge in [0.2, 0.25) is 0 Å². The predicted molar refractivity (Wildman–Crippen MR) is 90.7 cm³/mol. The van der Waals surface area contributed by atoms with Gasteiger partial charge in [-0.25, -0.2) is 4.98 Å². The standard InChI is InChI=1S/C17H23N3S/c1-2-10-20(12-13-8-9-13)17-19-16(15(11-18)21-17)14-6-4-3-5-7-14/h3-7,13H,2,8-12,18H2,1H3. The minimum absolute atomic E-state index is 0.561. The maximum Gasteiger partial charge on any atom is 0.186 e. The van der Waals surface area contributed by atoms with Crippen LogP contribution in [0.3, 0.4) is 0 Å². The van der Waals surface area contributed by atoms with Crippen LogP contribution in [0.1, 0.15) is 31.1 Å². The fourth-order valence-electron chi connectivity index (χ4n) is 2.58.